The van der Waals surface area contributed by atoms with Gasteiger partial charge in [0.2, 0.25) is 5.91 Å². The Bertz CT molecular complexity index is 416. The number of piperazine rings is 1. The third-order valence-corrected chi connectivity index (χ3v) is 5.46. The molecule has 0 unspecified atom stereocenters. The summed E-state index contributed by atoms with van der Waals surface area (Å²) in [5.74, 6) is -0.0691. The predicted octanol–water partition coefficient (Wildman–Crippen LogP) is -0.545. The molecule has 118 valence electrons. The molecule has 0 aromatic rings. The van der Waals surface area contributed by atoms with Crippen LogP contribution >= 0.6 is 0 Å². The summed E-state index contributed by atoms with van der Waals surface area (Å²) >= 11 is 0. The highest BCUT2D eigenvalue weighted by Gasteiger charge is 2.31. The van der Waals surface area contributed by atoms with Gasteiger partial charge in [-0.25, -0.2) is 0 Å². The summed E-state index contributed by atoms with van der Waals surface area (Å²) in [6.07, 6.45) is 2.63. The van der Waals surface area contributed by atoms with Gasteiger partial charge in [-0.2, -0.15) is 17.0 Å². The normalized spacial score (nSPS) is 19.4. The van der Waals surface area contributed by atoms with Crippen LogP contribution in [-0.2, 0) is 15.0 Å². The molecule has 1 saturated heterocycles. The van der Waals surface area contributed by atoms with Crippen molar-refractivity contribution in [2.24, 2.45) is 5.73 Å². The minimum absolute atomic E-state index is 0.0691. The van der Waals surface area contributed by atoms with Gasteiger partial charge in [0.25, 0.3) is 10.2 Å². The number of hydrogen-bond acceptors (Lipinski definition) is 4. The largest absolute Gasteiger partial charge is 0.339 e. The Kier molecular flexibility index (Phi) is 6.38. The third-order valence-electron chi connectivity index (χ3n) is 3.52. The minimum Gasteiger partial charge on any atom is -0.339 e. The highest BCUT2D eigenvalue weighted by atomic mass is 32.2. The van der Waals surface area contributed by atoms with Crippen LogP contribution in [0.4, 0.5) is 0 Å². The second kappa shape index (κ2) is 7.35. The van der Waals surface area contributed by atoms with Gasteiger partial charge in [-0.3, -0.25) is 4.79 Å². The van der Waals surface area contributed by atoms with Crippen LogP contribution in [0.3, 0.4) is 0 Å². The van der Waals surface area contributed by atoms with E-state index in [1.165, 1.54) is 22.7 Å². The molecule has 0 aromatic heterocycles. The van der Waals surface area contributed by atoms with Gasteiger partial charge in [0.05, 0.1) is 6.04 Å². The van der Waals surface area contributed by atoms with Gasteiger partial charge in [0, 0.05) is 40.3 Å². The van der Waals surface area contributed by atoms with Crippen molar-refractivity contribution in [1.82, 2.24) is 13.5 Å². The van der Waals surface area contributed by atoms with E-state index in [-0.39, 0.29) is 5.91 Å². The Morgan fingerprint density at radius 3 is 2.25 bits per heavy atom. The zero-order valence-corrected chi connectivity index (χ0v) is 13.4. The van der Waals surface area contributed by atoms with E-state index in [2.05, 4.69) is 6.92 Å². The van der Waals surface area contributed by atoms with E-state index in [1.807, 2.05) is 0 Å². The lowest BCUT2D eigenvalue weighted by atomic mass is 10.1. The zero-order chi connectivity index (χ0) is 15.3. The fraction of sp³-hybridized carbons (Fsp3) is 0.917. The smallest absolute Gasteiger partial charge is 0.281 e. The van der Waals surface area contributed by atoms with Crippen molar-refractivity contribution in [2.75, 3.05) is 40.3 Å². The third kappa shape index (κ3) is 4.15. The maximum absolute atomic E-state index is 12.1. The first-order valence-corrected chi connectivity index (χ1v) is 8.42. The molecule has 0 aromatic carbocycles. The van der Waals surface area contributed by atoms with Gasteiger partial charge in [-0.05, 0) is 6.42 Å². The lowest BCUT2D eigenvalue weighted by Gasteiger charge is -2.36. The first-order valence-electron chi connectivity index (χ1n) is 7.02. The van der Waals surface area contributed by atoms with Crippen molar-refractivity contribution in [1.29, 1.82) is 0 Å². The summed E-state index contributed by atoms with van der Waals surface area (Å²) in [7, 11) is -0.371. The van der Waals surface area contributed by atoms with Crippen LogP contribution in [-0.4, -0.2) is 74.2 Å². The van der Waals surface area contributed by atoms with Gasteiger partial charge < -0.3 is 10.6 Å². The van der Waals surface area contributed by atoms with E-state index in [9.17, 15) is 13.2 Å². The predicted molar refractivity (Wildman–Crippen MR) is 78.3 cm³/mol. The number of nitrogens with two attached hydrogens (primary N) is 1. The zero-order valence-electron chi connectivity index (χ0n) is 12.6. The van der Waals surface area contributed by atoms with E-state index in [0.717, 1.165) is 12.8 Å². The Morgan fingerprint density at radius 1 is 1.25 bits per heavy atom. The maximum atomic E-state index is 12.1. The van der Waals surface area contributed by atoms with Gasteiger partial charge in [0.1, 0.15) is 0 Å². The monoisotopic (exact) mass is 306 g/mol. The van der Waals surface area contributed by atoms with Gasteiger partial charge in [-0.15, -0.1) is 0 Å². The number of carbonyl (C=O) groups excluding carboxylic acids is 1. The quantitative estimate of drug-likeness (QED) is 0.713. The van der Waals surface area contributed by atoms with Crippen LogP contribution in [0.5, 0.6) is 0 Å². The van der Waals surface area contributed by atoms with E-state index in [0.29, 0.717) is 32.6 Å². The number of amides is 1. The van der Waals surface area contributed by atoms with Crippen LogP contribution in [0, 0.1) is 0 Å². The summed E-state index contributed by atoms with van der Waals surface area (Å²) in [5, 5.41) is 0. The van der Waals surface area contributed by atoms with Crippen LogP contribution in [0.2, 0.25) is 0 Å². The standard InChI is InChI=1S/C12H26N4O3S/c1-4-5-6-11(13)12(17)15-7-9-16(10-8-15)20(18,19)14(2)3/h11H,4-10,13H2,1-3H3/t11-/m0/s1. The molecular formula is C12H26N4O3S. The summed E-state index contributed by atoms with van der Waals surface area (Å²) < 4.78 is 26.5. The minimum atomic E-state index is -3.39. The molecule has 0 bridgehead atoms. The number of unbranched alkanes of at least 4 members (excludes halogenated alkanes) is 1. The molecule has 8 heteroatoms. The van der Waals surface area contributed by atoms with Crippen molar-refractivity contribution in [3.63, 3.8) is 0 Å². The average molecular weight is 306 g/mol. The van der Waals surface area contributed by atoms with E-state index < -0.39 is 16.3 Å². The fourth-order valence-corrected chi connectivity index (χ4v) is 3.24. The average Bonchev–Trinajstić information content (AvgIpc) is 2.43. The topological polar surface area (TPSA) is 87.0 Å². The Morgan fingerprint density at radius 2 is 1.80 bits per heavy atom. The van der Waals surface area contributed by atoms with Gasteiger partial charge in [0.15, 0.2) is 0 Å². The van der Waals surface area contributed by atoms with Crippen LogP contribution < -0.4 is 5.73 Å². The molecule has 1 atom stereocenters. The molecule has 20 heavy (non-hydrogen) atoms. The van der Waals surface area contributed by atoms with Crippen molar-refractivity contribution in [3.05, 3.63) is 0 Å². The molecule has 1 aliphatic rings. The Balaban J connectivity index is 2.52. The molecular weight excluding hydrogens is 280 g/mol. The molecule has 0 spiro atoms. The van der Waals surface area contributed by atoms with Gasteiger partial charge in [-0.1, -0.05) is 19.8 Å². The molecule has 1 rings (SSSR count). The van der Waals surface area contributed by atoms with Gasteiger partial charge >= 0.3 is 0 Å². The second-order valence-corrected chi connectivity index (χ2v) is 7.41. The summed E-state index contributed by atoms with van der Waals surface area (Å²) in [4.78, 5) is 13.8. The molecule has 0 radical (unpaired) electrons. The lowest BCUT2D eigenvalue weighted by molar-refractivity contribution is -0.134. The van der Waals surface area contributed by atoms with Crippen molar-refractivity contribution in [3.8, 4) is 0 Å². The lowest BCUT2D eigenvalue weighted by Crippen LogP contribution is -2.55. The van der Waals surface area contributed by atoms with E-state index in [4.69, 9.17) is 5.73 Å². The molecule has 1 heterocycles. The molecule has 7 nitrogen and oxygen atoms in total. The Hall–Kier alpha value is -0.700. The molecule has 1 amide bonds. The number of rotatable bonds is 6. The second-order valence-electron chi connectivity index (χ2n) is 5.26. The Labute approximate surface area is 121 Å². The number of nitrogens with zero attached hydrogens (tertiary/aromatic N) is 3. The molecule has 2 N–H and O–H groups in total. The SMILES string of the molecule is CCCC[C@H](N)C(=O)N1CCN(S(=O)(=O)N(C)C)CC1. The van der Waals surface area contributed by atoms with E-state index >= 15 is 0 Å². The van der Waals surface area contributed by atoms with Crippen molar-refractivity contribution < 1.29 is 13.2 Å². The fourth-order valence-electron chi connectivity index (χ4n) is 2.15. The first-order chi connectivity index (χ1) is 9.30. The molecule has 0 aliphatic carbocycles. The molecule has 0 saturated carbocycles. The van der Waals surface area contributed by atoms with Crippen LogP contribution in [0.15, 0.2) is 0 Å². The van der Waals surface area contributed by atoms with Crippen molar-refractivity contribution >= 4 is 16.1 Å². The van der Waals surface area contributed by atoms with Crippen LogP contribution in [0.25, 0.3) is 0 Å². The molecule has 1 fully saturated rings. The highest BCUT2D eigenvalue weighted by Crippen LogP contribution is 2.11. The first kappa shape index (κ1) is 17.4. The highest BCUT2D eigenvalue weighted by molar-refractivity contribution is 7.86. The van der Waals surface area contributed by atoms with E-state index in [1.54, 1.807) is 4.90 Å². The summed E-state index contributed by atoms with van der Waals surface area (Å²) in [6, 6.07) is -0.466. The molecule has 1 aliphatic heterocycles. The summed E-state index contributed by atoms with van der Waals surface area (Å²) in [6.45, 7) is 3.53. The summed E-state index contributed by atoms with van der Waals surface area (Å²) in [5.41, 5.74) is 5.87. The van der Waals surface area contributed by atoms with Crippen LogP contribution in [0.1, 0.15) is 26.2 Å². The number of hydrogen-bond donors (Lipinski definition) is 1. The maximum Gasteiger partial charge on any atom is 0.281 e. The number of carbonyl (C=O) groups is 1. The van der Waals surface area contributed by atoms with Crippen molar-refractivity contribution in [2.45, 2.75) is 32.2 Å².